The molecular formula is C19H28BrNO3. The molecule has 1 amide bonds. The Labute approximate surface area is 153 Å². The van der Waals surface area contributed by atoms with Crippen molar-refractivity contribution in [2.75, 3.05) is 20.2 Å². The van der Waals surface area contributed by atoms with Crippen molar-refractivity contribution in [3.63, 3.8) is 0 Å². The fourth-order valence-corrected chi connectivity index (χ4v) is 2.80. The largest absolute Gasteiger partial charge is 0.464 e. The van der Waals surface area contributed by atoms with Gasteiger partial charge >= 0.3 is 5.97 Å². The van der Waals surface area contributed by atoms with Crippen LogP contribution in [-0.4, -0.2) is 37.0 Å². The minimum absolute atomic E-state index is 0.0259. The number of likely N-dealkylation sites (N-methyl/N-ethyl adjacent to an activating group) is 1. The molecule has 134 valence electrons. The van der Waals surface area contributed by atoms with E-state index >= 15 is 0 Å². The molecule has 0 spiro atoms. The van der Waals surface area contributed by atoms with E-state index in [1.54, 1.807) is 25.2 Å². The second kappa shape index (κ2) is 12.1. The minimum Gasteiger partial charge on any atom is -0.464 e. The Kier molecular flexibility index (Phi) is 10.4. The highest BCUT2D eigenvalue weighted by molar-refractivity contribution is 9.10. The molecule has 0 aromatic heterocycles. The van der Waals surface area contributed by atoms with E-state index in [-0.39, 0.29) is 18.4 Å². The SMILES string of the molecule is CCCCCCCCCOC(=O)CN(C)C(=O)c1cccc(Br)c1. The summed E-state index contributed by atoms with van der Waals surface area (Å²) in [5.41, 5.74) is 0.548. The molecule has 0 saturated carbocycles. The van der Waals surface area contributed by atoms with Crippen molar-refractivity contribution >= 4 is 27.8 Å². The van der Waals surface area contributed by atoms with Crippen molar-refractivity contribution in [1.82, 2.24) is 4.90 Å². The summed E-state index contributed by atoms with van der Waals surface area (Å²) < 4.78 is 6.04. The first kappa shape index (κ1) is 20.7. The molecule has 1 aromatic carbocycles. The van der Waals surface area contributed by atoms with Crippen LogP contribution in [0.5, 0.6) is 0 Å². The van der Waals surface area contributed by atoms with Crippen molar-refractivity contribution in [3.05, 3.63) is 34.3 Å². The molecule has 0 N–H and O–H groups in total. The van der Waals surface area contributed by atoms with Gasteiger partial charge in [-0.2, -0.15) is 0 Å². The second-order valence-corrected chi connectivity index (χ2v) is 6.93. The van der Waals surface area contributed by atoms with Crippen molar-refractivity contribution in [2.24, 2.45) is 0 Å². The van der Waals surface area contributed by atoms with E-state index in [1.165, 1.54) is 37.0 Å². The van der Waals surface area contributed by atoms with Crippen LogP contribution in [0.25, 0.3) is 0 Å². The quantitative estimate of drug-likeness (QED) is 0.397. The van der Waals surface area contributed by atoms with Crippen LogP contribution in [0.2, 0.25) is 0 Å². The van der Waals surface area contributed by atoms with Gasteiger partial charge in [-0.3, -0.25) is 9.59 Å². The van der Waals surface area contributed by atoms with Crippen LogP contribution >= 0.6 is 15.9 Å². The van der Waals surface area contributed by atoms with Gasteiger partial charge in [-0.15, -0.1) is 0 Å². The zero-order chi connectivity index (χ0) is 17.8. The number of esters is 1. The van der Waals surface area contributed by atoms with Crippen LogP contribution < -0.4 is 0 Å². The Morgan fingerprint density at radius 1 is 1.08 bits per heavy atom. The van der Waals surface area contributed by atoms with Gasteiger partial charge in [-0.05, 0) is 24.6 Å². The van der Waals surface area contributed by atoms with E-state index in [9.17, 15) is 9.59 Å². The summed E-state index contributed by atoms with van der Waals surface area (Å²) in [5, 5.41) is 0. The van der Waals surface area contributed by atoms with Crippen LogP contribution in [0.15, 0.2) is 28.7 Å². The maximum absolute atomic E-state index is 12.2. The van der Waals surface area contributed by atoms with E-state index in [4.69, 9.17) is 4.74 Å². The number of unbranched alkanes of at least 4 members (excludes halogenated alkanes) is 6. The Morgan fingerprint density at radius 3 is 2.42 bits per heavy atom. The standard InChI is InChI=1S/C19H28BrNO3/c1-3-4-5-6-7-8-9-13-24-18(22)15-21(2)19(23)16-11-10-12-17(20)14-16/h10-12,14H,3-9,13,15H2,1-2H3. The molecular weight excluding hydrogens is 370 g/mol. The first-order valence-corrected chi connectivity index (χ1v) is 9.50. The van der Waals surface area contributed by atoms with E-state index in [0.29, 0.717) is 12.2 Å². The van der Waals surface area contributed by atoms with Crippen molar-refractivity contribution < 1.29 is 14.3 Å². The second-order valence-electron chi connectivity index (χ2n) is 6.01. The summed E-state index contributed by atoms with van der Waals surface area (Å²) in [6.07, 6.45) is 8.27. The molecule has 5 heteroatoms. The Hall–Kier alpha value is -1.36. The molecule has 0 atom stereocenters. The van der Waals surface area contributed by atoms with Crippen molar-refractivity contribution in [1.29, 1.82) is 0 Å². The summed E-state index contributed by atoms with van der Waals surface area (Å²) in [6.45, 7) is 2.62. The van der Waals surface area contributed by atoms with E-state index in [1.807, 2.05) is 6.07 Å². The van der Waals surface area contributed by atoms with Crippen LogP contribution in [0.1, 0.15) is 62.2 Å². The zero-order valence-corrected chi connectivity index (χ0v) is 16.3. The molecule has 0 unspecified atom stereocenters. The Balaban J connectivity index is 2.19. The van der Waals surface area contributed by atoms with Crippen LogP contribution in [-0.2, 0) is 9.53 Å². The highest BCUT2D eigenvalue weighted by atomic mass is 79.9. The molecule has 0 fully saturated rings. The lowest BCUT2D eigenvalue weighted by Gasteiger charge is -2.16. The monoisotopic (exact) mass is 397 g/mol. The number of nitrogens with zero attached hydrogens (tertiary/aromatic N) is 1. The van der Waals surface area contributed by atoms with E-state index in [0.717, 1.165) is 17.3 Å². The lowest BCUT2D eigenvalue weighted by Crippen LogP contribution is -2.33. The molecule has 4 nitrogen and oxygen atoms in total. The predicted molar refractivity (Wildman–Crippen MR) is 100 cm³/mol. The highest BCUT2D eigenvalue weighted by Gasteiger charge is 2.15. The molecule has 0 saturated heterocycles. The fraction of sp³-hybridized carbons (Fsp3) is 0.579. The minimum atomic E-state index is -0.355. The van der Waals surface area contributed by atoms with Crippen LogP contribution in [0.4, 0.5) is 0 Å². The number of rotatable bonds is 11. The lowest BCUT2D eigenvalue weighted by atomic mass is 10.1. The molecule has 0 aliphatic rings. The van der Waals surface area contributed by atoms with Crippen LogP contribution in [0, 0.1) is 0 Å². The molecule has 0 heterocycles. The average Bonchev–Trinajstić information content (AvgIpc) is 2.56. The van der Waals surface area contributed by atoms with Crippen molar-refractivity contribution in [2.45, 2.75) is 51.9 Å². The molecule has 0 radical (unpaired) electrons. The molecule has 1 aromatic rings. The number of hydrogen-bond donors (Lipinski definition) is 0. The number of ether oxygens (including phenoxy) is 1. The molecule has 0 bridgehead atoms. The maximum atomic E-state index is 12.2. The number of amides is 1. The summed E-state index contributed by atoms with van der Waals surface area (Å²) in [5.74, 6) is -0.545. The average molecular weight is 398 g/mol. The topological polar surface area (TPSA) is 46.6 Å². The van der Waals surface area contributed by atoms with Crippen LogP contribution in [0.3, 0.4) is 0 Å². The first-order valence-electron chi connectivity index (χ1n) is 8.71. The number of carbonyl (C=O) groups is 2. The zero-order valence-electron chi connectivity index (χ0n) is 14.7. The smallest absolute Gasteiger partial charge is 0.325 e. The van der Waals surface area contributed by atoms with Crippen molar-refractivity contribution in [3.8, 4) is 0 Å². The van der Waals surface area contributed by atoms with Gasteiger partial charge in [0, 0.05) is 17.1 Å². The third-order valence-electron chi connectivity index (χ3n) is 3.80. The van der Waals surface area contributed by atoms with Gasteiger partial charge in [0.1, 0.15) is 6.54 Å². The summed E-state index contributed by atoms with van der Waals surface area (Å²) in [4.78, 5) is 25.4. The lowest BCUT2D eigenvalue weighted by molar-refractivity contribution is -0.144. The number of hydrogen-bond acceptors (Lipinski definition) is 3. The first-order chi connectivity index (χ1) is 11.5. The molecule has 1 rings (SSSR count). The van der Waals surface area contributed by atoms with Gasteiger partial charge in [-0.1, -0.05) is 67.4 Å². The van der Waals surface area contributed by atoms with Gasteiger partial charge in [0.2, 0.25) is 0 Å². The van der Waals surface area contributed by atoms with Gasteiger partial charge in [0.15, 0.2) is 0 Å². The molecule has 0 aliphatic heterocycles. The predicted octanol–water partition coefficient (Wildman–Crippen LogP) is 4.81. The molecule has 24 heavy (non-hydrogen) atoms. The maximum Gasteiger partial charge on any atom is 0.325 e. The van der Waals surface area contributed by atoms with E-state index < -0.39 is 0 Å². The summed E-state index contributed by atoms with van der Waals surface area (Å²) in [7, 11) is 1.61. The fourth-order valence-electron chi connectivity index (χ4n) is 2.40. The summed E-state index contributed by atoms with van der Waals surface area (Å²) in [6, 6.07) is 7.12. The number of halogens is 1. The Morgan fingerprint density at radius 2 is 1.75 bits per heavy atom. The summed E-state index contributed by atoms with van der Waals surface area (Å²) >= 11 is 3.34. The third-order valence-corrected chi connectivity index (χ3v) is 4.29. The third kappa shape index (κ3) is 8.48. The van der Waals surface area contributed by atoms with Gasteiger partial charge in [-0.25, -0.2) is 0 Å². The van der Waals surface area contributed by atoms with E-state index in [2.05, 4.69) is 22.9 Å². The number of benzene rings is 1. The normalized spacial score (nSPS) is 10.5. The molecule has 0 aliphatic carbocycles. The van der Waals surface area contributed by atoms with Gasteiger partial charge in [0.25, 0.3) is 5.91 Å². The van der Waals surface area contributed by atoms with Gasteiger partial charge < -0.3 is 9.64 Å². The highest BCUT2D eigenvalue weighted by Crippen LogP contribution is 2.13. The number of carbonyl (C=O) groups excluding carboxylic acids is 2. The van der Waals surface area contributed by atoms with Gasteiger partial charge in [0.05, 0.1) is 6.61 Å². The Bertz CT molecular complexity index is 519.